The molecule has 1 aromatic rings. The van der Waals surface area contributed by atoms with E-state index in [-0.39, 0.29) is 0 Å². The summed E-state index contributed by atoms with van der Waals surface area (Å²) in [4.78, 5) is 2.37. The zero-order valence-corrected chi connectivity index (χ0v) is 13.2. The van der Waals surface area contributed by atoms with Gasteiger partial charge in [-0.3, -0.25) is 0 Å². The predicted molar refractivity (Wildman–Crippen MR) is 83.3 cm³/mol. The molecule has 0 amide bonds. The second-order valence-electron chi connectivity index (χ2n) is 5.26. The van der Waals surface area contributed by atoms with Gasteiger partial charge in [0, 0.05) is 18.2 Å². The lowest BCUT2D eigenvalue weighted by Crippen LogP contribution is -2.23. The van der Waals surface area contributed by atoms with Gasteiger partial charge in [-0.2, -0.15) is 0 Å². The van der Waals surface area contributed by atoms with E-state index in [1.54, 1.807) is 20.3 Å². The van der Waals surface area contributed by atoms with Gasteiger partial charge in [0.05, 0.1) is 24.9 Å². The lowest BCUT2D eigenvalue weighted by molar-refractivity contribution is 0.348. The summed E-state index contributed by atoms with van der Waals surface area (Å²) in [6, 6.07) is 4.16. The summed E-state index contributed by atoms with van der Waals surface area (Å²) in [5.41, 5.74) is 0.916. The third kappa shape index (κ3) is 3.70. The molecule has 0 bridgehead atoms. The highest BCUT2D eigenvalue weighted by molar-refractivity contribution is 6.33. The summed E-state index contributed by atoms with van der Waals surface area (Å²) in [5.74, 6) is 1.36. The van der Waals surface area contributed by atoms with Crippen LogP contribution in [-0.4, -0.2) is 45.3 Å². The van der Waals surface area contributed by atoms with Crippen LogP contribution in [0.1, 0.15) is 19.3 Å². The topological polar surface area (TPSA) is 33.7 Å². The maximum absolute atomic E-state index is 6.32. The van der Waals surface area contributed by atoms with Gasteiger partial charge in [0.2, 0.25) is 0 Å². The fourth-order valence-corrected chi connectivity index (χ4v) is 2.78. The van der Waals surface area contributed by atoms with Crippen LogP contribution in [0.3, 0.4) is 0 Å². The van der Waals surface area contributed by atoms with Crippen molar-refractivity contribution < 1.29 is 9.47 Å². The van der Waals surface area contributed by atoms with Crippen molar-refractivity contribution in [3.8, 4) is 11.5 Å². The first kappa shape index (κ1) is 15.3. The van der Waals surface area contributed by atoms with Gasteiger partial charge in [0.25, 0.3) is 0 Å². The van der Waals surface area contributed by atoms with Crippen LogP contribution in [0.4, 0.5) is 5.69 Å². The zero-order chi connectivity index (χ0) is 14.5. The molecule has 0 aromatic heterocycles. The molecular weight excluding hydrogens is 276 g/mol. The SMILES string of the molecule is COc1cc(Cl)c(NC2CCCN(C)CC2)cc1OC. The smallest absolute Gasteiger partial charge is 0.162 e. The lowest BCUT2D eigenvalue weighted by atomic mass is 10.1. The van der Waals surface area contributed by atoms with Crippen LogP contribution in [-0.2, 0) is 0 Å². The monoisotopic (exact) mass is 298 g/mol. The summed E-state index contributed by atoms with van der Waals surface area (Å²) in [6.07, 6.45) is 3.50. The van der Waals surface area contributed by atoms with Gasteiger partial charge >= 0.3 is 0 Å². The van der Waals surface area contributed by atoms with E-state index in [1.807, 2.05) is 6.07 Å². The molecule has 1 unspecified atom stereocenters. The van der Waals surface area contributed by atoms with E-state index >= 15 is 0 Å². The quantitative estimate of drug-likeness (QED) is 0.925. The first-order valence-electron chi connectivity index (χ1n) is 7.00. The fourth-order valence-electron chi connectivity index (χ4n) is 2.57. The molecule has 1 fully saturated rings. The molecule has 5 heteroatoms. The second-order valence-corrected chi connectivity index (χ2v) is 5.67. The van der Waals surface area contributed by atoms with Gasteiger partial charge in [-0.1, -0.05) is 11.6 Å². The Morgan fingerprint density at radius 3 is 2.55 bits per heavy atom. The van der Waals surface area contributed by atoms with Crippen LogP contribution in [0.5, 0.6) is 11.5 Å². The van der Waals surface area contributed by atoms with Crippen LogP contribution in [0.2, 0.25) is 5.02 Å². The van der Waals surface area contributed by atoms with E-state index in [2.05, 4.69) is 17.3 Å². The number of halogens is 1. The Labute approximate surface area is 126 Å². The maximum Gasteiger partial charge on any atom is 0.162 e. The molecule has 1 atom stereocenters. The van der Waals surface area contributed by atoms with Crippen molar-refractivity contribution in [2.24, 2.45) is 0 Å². The number of methoxy groups -OCH3 is 2. The van der Waals surface area contributed by atoms with Crippen molar-refractivity contribution in [3.05, 3.63) is 17.2 Å². The minimum atomic E-state index is 0.454. The molecule has 1 aliphatic rings. The third-order valence-electron chi connectivity index (χ3n) is 3.78. The third-order valence-corrected chi connectivity index (χ3v) is 4.10. The largest absolute Gasteiger partial charge is 0.493 e. The van der Waals surface area contributed by atoms with Crippen molar-refractivity contribution in [2.45, 2.75) is 25.3 Å². The number of hydrogen-bond donors (Lipinski definition) is 1. The summed E-state index contributed by atoms with van der Waals surface area (Å²) < 4.78 is 10.6. The highest BCUT2D eigenvalue weighted by Crippen LogP contribution is 2.36. The molecule has 0 spiro atoms. The number of rotatable bonds is 4. The first-order valence-corrected chi connectivity index (χ1v) is 7.38. The molecule has 0 radical (unpaired) electrons. The Balaban J connectivity index is 2.12. The molecule has 0 saturated carbocycles. The number of benzene rings is 1. The minimum Gasteiger partial charge on any atom is -0.493 e. The van der Waals surface area contributed by atoms with Gasteiger partial charge in [0.1, 0.15) is 0 Å². The van der Waals surface area contributed by atoms with E-state index in [4.69, 9.17) is 21.1 Å². The standard InChI is InChI=1S/C15H23ClN2O2/c1-18-7-4-5-11(6-8-18)17-13-10-15(20-3)14(19-2)9-12(13)16/h9-11,17H,4-8H2,1-3H3. The minimum absolute atomic E-state index is 0.454. The van der Waals surface area contributed by atoms with E-state index in [9.17, 15) is 0 Å². The molecule has 1 saturated heterocycles. The summed E-state index contributed by atoms with van der Waals surface area (Å²) in [6.45, 7) is 2.28. The molecule has 112 valence electrons. The van der Waals surface area contributed by atoms with Gasteiger partial charge in [-0.15, -0.1) is 0 Å². The average Bonchev–Trinajstić information content (AvgIpc) is 2.65. The highest BCUT2D eigenvalue weighted by atomic mass is 35.5. The zero-order valence-electron chi connectivity index (χ0n) is 12.4. The number of nitrogens with zero attached hydrogens (tertiary/aromatic N) is 1. The number of likely N-dealkylation sites (tertiary alicyclic amines) is 1. The van der Waals surface area contributed by atoms with Crippen LogP contribution in [0.15, 0.2) is 12.1 Å². The van der Waals surface area contributed by atoms with Crippen molar-refractivity contribution >= 4 is 17.3 Å². The lowest BCUT2D eigenvalue weighted by Gasteiger charge is -2.20. The van der Waals surface area contributed by atoms with E-state index < -0.39 is 0 Å². The van der Waals surface area contributed by atoms with Crippen LogP contribution >= 0.6 is 11.6 Å². The highest BCUT2D eigenvalue weighted by Gasteiger charge is 2.17. The molecule has 1 heterocycles. The average molecular weight is 299 g/mol. The molecule has 20 heavy (non-hydrogen) atoms. The van der Waals surface area contributed by atoms with Crippen molar-refractivity contribution in [3.63, 3.8) is 0 Å². The van der Waals surface area contributed by atoms with Gasteiger partial charge in [-0.05, 0) is 39.4 Å². The van der Waals surface area contributed by atoms with E-state index in [1.165, 1.54) is 6.42 Å². The Kier molecular flexibility index (Phi) is 5.38. The van der Waals surface area contributed by atoms with Gasteiger partial charge in [0.15, 0.2) is 11.5 Å². The van der Waals surface area contributed by atoms with Crippen LogP contribution in [0, 0.1) is 0 Å². The summed E-state index contributed by atoms with van der Waals surface area (Å²) in [7, 11) is 5.42. The van der Waals surface area contributed by atoms with Crippen molar-refractivity contribution in [1.29, 1.82) is 0 Å². The van der Waals surface area contributed by atoms with Crippen LogP contribution < -0.4 is 14.8 Å². The maximum atomic E-state index is 6.32. The normalized spacial score (nSPS) is 20.3. The Morgan fingerprint density at radius 1 is 1.15 bits per heavy atom. The molecular formula is C15H23ClN2O2. The number of anilines is 1. The molecule has 0 aliphatic carbocycles. The number of nitrogens with one attached hydrogen (secondary N) is 1. The van der Waals surface area contributed by atoms with Crippen molar-refractivity contribution in [1.82, 2.24) is 4.90 Å². The Morgan fingerprint density at radius 2 is 1.85 bits per heavy atom. The summed E-state index contributed by atoms with van der Waals surface area (Å²) in [5, 5.41) is 4.21. The second kappa shape index (κ2) is 7.04. The predicted octanol–water partition coefficient (Wildman–Crippen LogP) is 3.25. The molecule has 4 nitrogen and oxygen atoms in total. The fraction of sp³-hybridized carbons (Fsp3) is 0.600. The molecule has 1 aromatic carbocycles. The summed E-state index contributed by atoms with van der Waals surface area (Å²) >= 11 is 6.32. The number of hydrogen-bond acceptors (Lipinski definition) is 4. The Hall–Kier alpha value is -1.13. The van der Waals surface area contributed by atoms with Gasteiger partial charge in [-0.25, -0.2) is 0 Å². The molecule has 1 N–H and O–H groups in total. The first-order chi connectivity index (χ1) is 9.63. The van der Waals surface area contributed by atoms with E-state index in [0.717, 1.165) is 31.6 Å². The van der Waals surface area contributed by atoms with E-state index in [0.29, 0.717) is 22.6 Å². The molecule has 2 rings (SSSR count). The van der Waals surface area contributed by atoms with Crippen LogP contribution in [0.25, 0.3) is 0 Å². The Bertz CT molecular complexity index is 454. The van der Waals surface area contributed by atoms with Crippen molar-refractivity contribution in [2.75, 3.05) is 39.7 Å². The molecule has 1 aliphatic heterocycles. The number of ether oxygens (including phenoxy) is 2. The van der Waals surface area contributed by atoms with Gasteiger partial charge < -0.3 is 19.7 Å².